The Balaban J connectivity index is 1.98. The highest BCUT2D eigenvalue weighted by Gasteiger charge is 2.49. The maximum atomic E-state index is 11.2. The van der Waals surface area contributed by atoms with E-state index in [0.29, 0.717) is 6.42 Å². The number of hydrogen-bond donors (Lipinski definition) is 0. The minimum atomic E-state index is -2.40. The van der Waals surface area contributed by atoms with Gasteiger partial charge in [-0.15, -0.1) is 0 Å². The Morgan fingerprint density at radius 2 is 1.23 bits per heavy atom. The fourth-order valence-corrected chi connectivity index (χ4v) is 8.77. The molecule has 164 valence electrons. The normalized spacial score (nSPS) is 12.0. The first kappa shape index (κ1) is 24.4. The predicted octanol–water partition coefficient (Wildman–Crippen LogP) is 5.47. The first-order chi connectivity index (χ1) is 14.4. The van der Waals surface area contributed by atoms with Crippen LogP contribution in [-0.2, 0) is 14.0 Å². The van der Waals surface area contributed by atoms with E-state index in [1.165, 1.54) is 23.9 Å². The van der Waals surface area contributed by atoms with Gasteiger partial charge in [0.1, 0.15) is 0 Å². The zero-order valence-corrected chi connectivity index (χ0v) is 20.2. The summed E-state index contributed by atoms with van der Waals surface area (Å²) in [5.74, 6) is -0.103. The summed E-state index contributed by atoms with van der Waals surface area (Å²) in [7, 11) is -0.946. The minimum absolute atomic E-state index is 0.0313. The van der Waals surface area contributed by atoms with Crippen LogP contribution >= 0.6 is 0 Å². The standard InChI is InChI=1S/C26H38O3Si/c1-26(2,3)30(23-17-11-9-12-18-23,24-19-13-10-14-20-24)29-22-16-8-6-5-7-15-21-25(27)28-4/h9-14,17-20H,5-8,15-16,21-22H2,1-4H3. The van der Waals surface area contributed by atoms with Crippen molar-refractivity contribution in [1.82, 2.24) is 0 Å². The summed E-state index contributed by atoms with van der Waals surface area (Å²) in [6.45, 7) is 7.75. The van der Waals surface area contributed by atoms with Gasteiger partial charge < -0.3 is 9.16 Å². The van der Waals surface area contributed by atoms with Gasteiger partial charge in [-0.2, -0.15) is 0 Å². The van der Waals surface area contributed by atoms with Crippen molar-refractivity contribution >= 4 is 24.7 Å². The summed E-state index contributed by atoms with van der Waals surface area (Å²) in [5.41, 5.74) is 0. The van der Waals surface area contributed by atoms with Crippen molar-refractivity contribution in [3.8, 4) is 0 Å². The fraction of sp³-hybridized carbons (Fsp3) is 0.500. The Morgan fingerprint density at radius 1 is 0.767 bits per heavy atom. The summed E-state index contributed by atoms with van der Waals surface area (Å²) < 4.78 is 11.6. The second kappa shape index (κ2) is 12.1. The molecule has 0 radical (unpaired) electrons. The third-order valence-electron chi connectivity index (χ3n) is 5.74. The number of hydrogen-bond acceptors (Lipinski definition) is 3. The maximum Gasteiger partial charge on any atom is 0.305 e. The quantitative estimate of drug-likeness (QED) is 0.257. The van der Waals surface area contributed by atoms with Crippen molar-refractivity contribution in [2.24, 2.45) is 0 Å². The van der Waals surface area contributed by atoms with Crippen LogP contribution in [0.1, 0.15) is 65.7 Å². The van der Waals surface area contributed by atoms with Gasteiger partial charge >= 0.3 is 5.97 Å². The third-order valence-corrected chi connectivity index (χ3v) is 10.8. The molecule has 0 spiro atoms. The molecule has 0 saturated heterocycles. The van der Waals surface area contributed by atoms with Crippen LogP contribution in [0.5, 0.6) is 0 Å². The van der Waals surface area contributed by atoms with E-state index in [1.54, 1.807) is 0 Å². The van der Waals surface area contributed by atoms with Gasteiger partial charge in [-0.25, -0.2) is 0 Å². The summed E-state index contributed by atoms with van der Waals surface area (Å²) in [6, 6.07) is 21.6. The highest BCUT2D eigenvalue weighted by atomic mass is 28.4. The first-order valence-corrected chi connectivity index (χ1v) is 13.1. The lowest BCUT2D eigenvalue weighted by molar-refractivity contribution is -0.140. The van der Waals surface area contributed by atoms with Gasteiger partial charge in [0.25, 0.3) is 8.32 Å². The van der Waals surface area contributed by atoms with Crippen molar-refractivity contribution in [2.45, 2.75) is 70.8 Å². The molecule has 0 aliphatic carbocycles. The van der Waals surface area contributed by atoms with E-state index in [9.17, 15) is 4.79 Å². The molecule has 0 aliphatic rings. The van der Waals surface area contributed by atoms with E-state index >= 15 is 0 Å². The molecule has 2 aromatic carbocycles. The fourth-order valence-electron chi connectivity index (χ4n) is 4.17. The Labute approximate surface area is 183 Å². The van der Waals surface area contributed by atoms with E-state index in [1.807, 2.05) is 0 Å². The topological polar surface area (TPSA) is 35.5 Å². The van der Waals surface area contributed by atoms with E-state index in [4.69, 9.17) is 9.16 Å². The average Bonchev–Trinajstić information content (AvgIpc) is 2.75. The van der Waals surface area contributed by atoms with Gasteiger partial charge in [-0.05, 0) is 28.3 Å². The van der Waals surface area contributed by atoms with Gasteiger partial charge in [0.15, 0.2) is 0 Å². The Bertz CT molecular complexity index is 698. The van der Waals surface area contributed by atoms with Crippen LogP contribution in [0.4, 0.5) is 0 Å². The number of methoxy groups -OCH3 is 1. The van der Waals surface area contributed by atoms with Gasteiger partial charge in [0.05, 0.1) is 7.11 Å². The number of unbranched alkanes of at least 4 members (excludes halogenated alkanes) is 5. The number of rotatable bonds is 12. The SMILES string of the molecule is COC(=O)CCCCCCCCO[Si](c1ccccc1)(c1ccccc1)C(C)(C)C. The van der Waals surface area contributed by atoms with Gasteiger partial charge in [-0.1, -0.05) is 107 Å². The molecule has 2 aromatic rings. The zero-order chi connectivity index (χ0) is 21.9. The monoisotopic (exact) mass is 426 g/mol. The van der Waals surface area contributed by atoms with Crippen LogP contribution < -0.4 is 10.4 Å². The number of benzene rings is 2. The number of ether oxygens (including phenoxy) is 1. The van der Waals surface area contributed by atoms with Crippen molar-refractivity contribution in [1.29, 1.82) is 0 Å². The van der Waals surface area contributed by atoms with Gasteiger partial charge in [-0.3, -0.25) is 4.79 Å². The number of carbonyl (C=O) groups is 1. The second-order valence-electron chi connectivity index (χ2n) is 8.96. The molecule has 0 unspecified atom stereocenters. The van der Waals surface area contributed by atoms with Crippen LogP contribution in [0.25, 0.3) is 0 Å². The molecule has 4 heteroatoms. The van der Waals surface area contributed by atoms with Crippen LogP contribution in [0.3, 0.4) is 0 Å². The molecule has 2 rings (SSSR count). The molecule has 0 fully saturated rings. The third kappa shape index (κ3) is 6.54. The lowest BCUT2D eigenvalue weighted by Gasteiger charge is -2.43. The van der Waals surface area contributed by atoms with E-state index < -0.39 is 8.32 Å². The summed E-state index contributed by atoms with van der Waals surface area (Å²) in [6.07, 6.45) is 7.13. The van der Waals surface area contributed by atoms with Crippen LogP contribution in [0.15, 0.2) is 60.7 Å². The average molecular weight is 427 g/mol. The Morgan fingerprint density at radius 3 is 1.70 bits per heavy atom. The largest absolute Gasteiger partial charge is 0.469 e. The molecule has 0 N–H and O–H groups in total. The molecule has 0 atom stereocenters. The van der Waals surface area contributed by atoms with Crippen molar-refractivity contribution in [3.05, 3.63) is 60.7 Å². The molecular weight excluding hydrogens is 388 g/mol. The van der Waals surface area contributed by atoms with E-state index in [-0.39, 0.29) is 11.0 Å². The number of carbonyl (C=O) groups excluding carboxylic acids is 1. The van der Waals surface area contributed by atoms with Gasteiger partial charge in [0, 0.05) is 13.0 Å². The lowest BCUT2D eigenvalue weighted by Crippen LogP contribution is -2.66. The highest BCUT2D eigenvalue weighted by molar-refractivity contribution is 6.99. The first-order valence-electron chi connectivity index (χ1n) is 11.2. The lowest BCUT2D eigenvalue weighted by atomic mass is 10.1. The molecule has 3 nitrogen and oxygen atoms in total. The van der Waals surface area contributed by atoms with Crippen LogP contribution in [-0.4, -0.2) is 28.0 Å². The molecule has 0 amide bonds. The molecular formula is C26H38O3Si. The smallest absolute Gasteiger partial charge is 0.305 e. The predicted molar refractivity (Wildman–Crippen MR) is 128 cm³/mol. The van der Waals surface area contributed by atoms with Crippen LogP contribution in [0, 0.1) is 0 Å². The molecule has 0 saturated carbocycles. The molecule has 0 heterocycles. The molecule has 0 bridgehead atoms. The van der Waals surface area contributed by atoms with E-state index in [2.05, 4.69) is 81.4 Å². The molecule has 0 aliphatic heterocycles. The Kier molecular flexibility index (Phi) is 9.80. The molecule has 30 heavy (non-hydrogen) atoms. The summed E-state index contributed by atoms with van der Waals surface area (Å²) in [4.78, 5) is 11.2. The maximum absolute atomic E-state index is 11.2. The minimum Gasteiger partial charge on any atom is -0.469 e. The number of esters is 1. The summed E-state index contributed by atoms with van der Waals surface area (Å²) >= 11 is 0. The van der Waals surface area contributed by atoms with Crippen molar-refractivity contribution < 1.29 is 14.0 Å². The van der Waals surface area contributed by atoms with Gasteiger partial charge in [0.2, 0.25) is 0 Å². The zero-order valence-electron chi connectivity index (χ0n) is 19.2. The van der Waals surface area contributed by atoms with E-state index in [0.717, 1.165) is 38.7 Å². The van der Waals surface area contributed by atoms with Crippen molar-refractivity contribution in [3.63, 3.8) is 0 Å². The second-order valence-corrected chi connectivity index (χ2v) is 13.3. The Hall–Kier alpha value is -1.91. The van der Waals surface area contributed by atoms with Crippen LogP contribution in [0.2, 0.25) is 5.04 Å². The summed E-state index contributed by atoms with van der Waals surface area (Å²) in [5, 5.41) is 2.71. The van der Waals surface area contributed by atoms with Crippen molar-refractivity contribution in [2.75, 3.05) is 13.7 Å². The molecule has 0 aromatic heterocycles. The highest BCUT2D eigenvalue weighted by Crippen LogP contribution is 2.36.